The minimum Gasteiger partial charge on any atom is -0.479 e. The van der Waals surface area contributed by atoms with Crippen molar-refractivity contribution in [2.24, 2.45) is 0 Å². The van der Waals surface area contributed by atoms with E-state index in [9.17, 15) is 13.6 Å². The van der Waals surface area contributed by atoms with Crippen molar-refractivity contribution in [3.63, 3.8) is 0 Å². The molecule has 2 aromatic carbocycles. The van der Waals surface area contributed by atoms with E-state index < -0.39 is 23.6 Å². The van der Waals surface area contributed by atoms with Crippen LogP contribution in [0.15, 0.2) is 42.5 Å². The Balaban J connectivity index is 2.08. The average molecular weight is 326 g/mol. The molecular weight excluding hydrogens is 312 g/mol. The lowest BCUT2D eigenvalue weighted by Gasteiger charge is -2.18. The lowest BCUT2D eigenvalue weighted by molar-refractivity contribution is -0.122. The number of para-hydroxylation sites is 1. The summed E-state index contributed by atoms with van der Waals surface area (Å²) in [4.78, 5) is 12.2. The van der Waals surface area contributed by atoms with Gasteiger partial charge in [0.15, 0.2) is 17.7 Å². The molecule has 1 atom stereocenters. The highest BCUT2D eigenvalue weighted by Gasteiger charge is 2.20. The summed E-state index contributed by atoms with van der Waals surface area (Å²) >= 11 is 5.98. The van der Waals surface area contributed by atoms with Crippen molar-refractivity contribution in [2.45, 2.75) is 19.4 Å². The fourth-order valence-corrected chi connectivity index (χ4v) is 1.99. The molecule has 0 aliphatic heterocycles. The van der Waals surface area contributed by atoms with Crippen LogP contribution in [0.3, 0.4) is 0 Å². The number of carbonyl (C=O) groups excluding carboxylic acids is 1. The Kier molecular flexibility index (Phi) is 5.33. The van der Waals surface area contributed by atoms with E-state index in [0.717, 1.165) is 12.1 Å². The molecule has 0 spiro atoms. The zero-order chi connectivity index (χ0) is 16.1. The molecule has 0 saturated carbocycles. The number of hydrogen-bond donors (Lipinski definition) is 1. The van der Waals surface area contributed by atoms with Gasteiger partial charge >= 0.3 is 0 Å². The number of benzene rings is 2. The number of halogens is 3. The van der Waals surface area contributed by atoms with Crippen molar-refractivity contribution >= 4 is 23.2 Å². The summed E-state index contributed by atoms with van der Waals surface area (Å²) in [6.45, 7) is 1.77. The summed E-state index contributed by atoms with van der Waals surface area (Å²) in [5, 5.41) is 2.88. The van der Waals surface area contributed by atoms with Crippen molar-refractivity contribution in [2.75, 3.05) is 5.32 Å². The van der Waals surface area contributed by atoms with Crippen molar-refractivity contribution in [1.29, 1.82) is 0 Å². The summed E-state index contributed by atoms with van der Waals surface area (Å²) in [5.74, 6) is -2.08. The quantitative estimate of drug-likeness (QED) is 0.884. The molecule has 0 aliphatic carbocycles. The molecule has 116 valence electrons. The van der Waals surface area contributed by atoms with Gasteiger partial charge in [0.2, 0.25) is 0 Å². The van der Waals surface area contributed by atoms with Crippen LogP contribution < -0.4 is 10.1 Å². The van der Waals surface area contributed by atoms with Crippen LogP contribution in [0.4, 0.5) is 14.5 Å². The van der Waals surface area contributed by atoms with Gasteiger partial charge in [-0.15, -0.1) is 0 Å². The monoisotopic (exact) mass is 325 g/mol. The molecule has 0 saturated heterocycles. The van der Waals surface area contributed by atoms with Crippen LogP contribution in [0.1, 0.15) is 13.3 Å². The predicted octanol–water partition coefficient (Wildman–Crippen LogP) is 4.41. The van der Waals surface area contributed by atoms with Crippen molar-refractivity contribution in [3.8, 4) is 5.75 Å². The van der Waals surface area contributed by atoms with Gasteiger partial charge in [-0.05, 0) is 30.7 Å². The molecule has 2 aromatic rings. The lowest BCUT2D eigenvalue weighted by atomic mass is 10.2. The van der Waals surface area contributed by atoms with Crippen molar-refractivity contribution < 1.29 is 18.3 Å². The number of nitrogens with one attached hydrogen (secondary N) is 1. The standard InChI is InChI=1S/C16H14ClF2NO2/c1-2-14(22-15-6-4-3-5-11(15)17)16(21)20-10-7-8-12(18)13(19)9-10/h3-9,14H,2H2,1H3,(H,20,21). The van der Waals surface area contributed by atoms with E-state index in [-0.39, 0.29) is 5.69 Å². The van der Waals surface area contributed by atoms with E-state index in [1.807, 2.05) is 0 Å². The zero-order valence-corrected chi connectivity index (χ0v) is 12.5. The maximum atomic E-state index is 13.1. The van der Waals surface area contributed by atoms with Gasteiger partial charge in [-0.3, -0.25) is 4.79 Å². The van der Waals surface area contributed by atoms with Gasteiger partial charge in [-0.25, -0.2) is 8.78 Å². The Morgan fingerprint density at radius 3 is 2.59 bits per heavy atom. The lowest BCUT2D eigenvalue weighted by Crippen LogP contribution is -2.32. The molecule has 0 fully saturated rings. The van der Waals surface area contributed by atoms with Crippen LogP contribution in [0.5, 0.6) is 5.75 Å². The van der Waals surface area contributed by atoms with Crippen molar-refractivity contribution in [3.05, 3.63) is 59.1 Å². The molecule has 1 amide bonds. The number of rotatable bonds is 5. The molecule has 0 radical (unpaired) electrons. The van der Waals surface area contributed by atoms with E-state index in [4.69, 9.17) is 16.3 Å². The average Bonchev–Trinajstić information content (AvgIpc) is 2.50. The highest BCUT2D eigenvalue weighted by molar-refractivity contribution is 6.32. The third-order valence-electron chi connectivity index (χ3n) is 2.96. The minimum atomic E-state index is -1.03. The van der Waals surface area contributed by atoms with Crippen molar-refractivity contribution in [1.82, 2.24) is 0 Å². The number of ether oxygens (including phenoxy) is 1. The number of amides is 1. The first-order valence-corrected chi connectivity index (χ1v) is 7.06. The maximum Gasteiger partial charge on any atom is 0.265 e. The Morgan fingerprint density at radius 2 is 1.95 bits per heavy atom. The highest BCUT2D eigenvalue weighted by atomic mass is 35.5. The van der Waals surface area contributed by atoms with Gasteiger partial charge in [-0.2, -0.15) is 0 Å². The van der Waals surface area contributed by atoms with Gasteiger partial charge in [0.25, 0.3) is 5.91 Å². The SMILES string of the molecule is CCC(Oc1ccccc1Cl)C(=O)Nc1ccc(F)c(F)c1. The first kappa shape index (κ1) is 16.2. The third kappa shape index (κ3) is 3.95. The summed E-state index contributed by atoms with van der Waals surface area (Å²) < 4.78 is 31.6. The van der Waals surface area contributed by atoms with Crippen LogP contribution >= 0.6 is 11.6 Å². The number of anilines is 1. The van der Waals surface area contributed by atoms with Crippen LogP contribution in [-0.4, -0.2) is 12.0 Å². The number of hydrogen-bond acceptors (Lipinski definition) is 2. The second kappa shape index (κ2) is 7.22. The van der Waals surface area contributed by atoms with Crippen LogP contribution in [-0.2, 0) is 4.79 Å². The second-order valence-corrected chi connectivity index (χ2v) is 4.97. The summed E-state index contributed by atoms with van der Waals surface area (Å²) in [7, 11) is 0. The van der Waals surface area contributed by atoms with E-state index in [1.165, 1.54) is 6.07 Å². The highest BCUT2D eigenvalue weighted by Crippen LogP contribution is 2.25. The third-order valence-corrected chi connectivity index (χ3v) is 3.27. The molecule has 0 heterocycles. The van der Waals surface area contributed by atoms with Gasteiger partial charge in [0.05, 0.1) is 5.02 Å². The fourth-order valence-electron chi connectivity index (χ4n) is 1.81. The molecule has 1 unspecified atom stereocenters. The van der Waals surface area contributed by atoms with Crippen LogP contribution in [0.2, 0.25) is 5.02 Å². The Hall–Kier alpha value is -2.14. The Bertz CT molecular complexity index is 679. The normalized spacial score (nSPS) is 11.8. The molecule has 2 rings (SSSR count). The molecule has 0 aliphatic rings. The second-order valence-electron chi connectivity index (χ2n) is 4.56. The Labute approximate surface area is 131 Å². The smallest absolute Gasteiger partial charge is 0.265 e. The van der Waals surface area contributed by atoms with Crippen LogP contribution in [0.25, 0.3) is 0 Å². The zero-order valence-electron chi connectivity index (χ0n) is 11.8. The van der Waals surface area contributed by atoms with Gasteiger partial charge in [0, 0.05) is 11.8 Å². The first-order valence-electron chi connectivity index (χ1n) is 6.68. The largest absolute Gasteiger partial charge is 0.479 e. The van der Waals surface area contributed by atoms with Crippen LogP contribution in [0, 0.1) is 11.6 Å². The summed E-state index contributed by atoms with van der Waals surface area (Å²) in [6.07, 6.45) is -0.409. The van der Waals surface area contributed by atoms with E-state index in [1.54, 1.807) is 31.2 Å². The fraction of sp³-hybridized carbons (Fsp3) is 0.188. The van der Waals surface area contributed by atoms with Gasteiger partial charge in [-0.1, -0.05) is 30.7 Å². The van der Waals surface area contributed by atoms with Gasteiger partial charge in [0.1, 0.15) is 5.75 Å². The molecule has 22 heavy (non-hydrogen) atoms. The topological polar surface area (TPSA) is 38.3 Å². The number of carbonyl (C=O) groups is 1. The van der Waals surface area contributed by atoms with E-state index >= 15 is 0 Å². The minimum absolute atomic E-state index is 0.158. The molecular formula is C16H14ClF2NO2. The maximum absolute atomic E-state index is 13.1. The Morgan fingerprint density at radius 1 is 1.23 bits per heavy atom. The predicted molar refractivity (Wildman–Crippen MR) is 81.1 cm³/mol. The van der Waals surface area contributed by atoms with E-state index in [2.05, 4.69) is 5.32 Å². The summed E-state index contributed by atoms with van der Waals surface area (Å²) in [5.41, 5.74) is 0.158. The van der Waals surface area contributed by atoms with E-state index in [0.29, 0.717) is 17.2 Å². The molecule has 0 bridgehead atoms. The molecule has 0 aromatic heterocycles. The molecule has 1 N–H and O–H groups in total. The van der Waals surface area contributed by atoms with Gasteiger partial charge < -0.3 is 10.1 Å². The molecule has 3 nitrogen and oxygen atoms in total. The summed E-state index contributed by atoms with van der Waals surface area (Å²) in [6, 6.07) is 9.92. The first-order chi connectivity index (χ1) is 10.5. The molecule has 6 heteroatoms.